The molecule has 14 heavy (non-hydrogen) atoms. The van der Waals surface area contributed by atoms with Gasteiger partial charge in [0.25, 0.3) is 0 Å². The number of hydrogen-bond acceptors (Lipinski definition) is 4. The number of thioether (sulfide) groups is 1. The van der Waals surface area contributed by atoms with Gasteiger partial charge in [0.1, 0.15) is 0 Å². The molecule has 1 radical (unpaired) electrons. The predicted octanol–water partition coefficient (Wildman–Crippen LogP) is 2.17. The molecule has 0 spiro atoms. The summed E-state index contributed by atoms with van der Waals surface area (Å²) in [6.07, 6.45) is 3.62. The average Bonchev–Trinajstić information content (AvgIpc) is 2.57. The van der Waals surface area contributed by atoms with Crippen LogP contribution in [0.1, 0.15) is 5.56 Å². The number of nitrogens with one attached hydrogen (secondary N) is 1. The first kappa shape index (κ1) is 9.21. The lowest BCUT2D eigenvalue weighted by atomic mass is 10.2. The van der Waals surface area contributed by atoms with Gasteiger partial charge in [-0.3, -0.25) is 0 Å². The Bertz CT molecular complexity index is 493. The van der Waals surface area contributed by atoms with Crippen molar-refractivity contribution in [1.82, 2.24) is 9.97 Å². The largest absolute Gasteiger partial charge is 0.504 e. The fraction of sp³-hybridized carbons (Fsp3) is 0.111. The Morgan fingerprint density at radius 3 is 2.86 bits per heavy atom. The summed E-state index contributed by atoms with van der Waals surface area (Å²) in [5, 5.41) is 19.5. The maximum atomic E-state index is 9.46. The number of hydrogen-bond donors (Lipinski definition) is 3. The first-order valence-corrected chi connectivity index (χ1v) is 4.95. The van der Waals surface area contributed by atoms with Gasteiger partial charge in [0.15, 0.2) is 16.7 Å². The van der Waals surface area contributed by atoms with Gasteiger partial charge in [-0.2, -0.15) is 0 Å². The lowest BCUT2D eigenvalue weighted by molar-refractivity contribution is 0.402. The lowest BCUT2D eigenvalue weighted by Crippen LogP contribution is -1.79. The highest BCUT2D eigenvalue weighted by molar-refractivity contribution is 8.00. The number of aryl methyl sites for hydroxylation is 1. The van der Waals surface area contributed by atoms with Crippen molar-refractivity contribution in [2.75, 3.05) is 0 Å². The summed E-state index contributed by atoms with van der Waals surface area (Å²) in [6.45, 7) is 1.70. The summed E-state index contributed by atoms with van der Waals surface area (Å²) in [5.74, 6) is -0.260. The average molecular weight is 209 g/mol. The Morgan fingerprint density at radius 2 is 2.21 bits per heavy atom. The fourth-order valence-electron chi connectivity index (χ4n) is 1.33. The van der Waals surface area contributed by atoms with E-state index in [-0.39, 0.29) is 11.5 Å². The van der Waals surface area contributed by atoms with Gasteiger partial charge in [0, 0.05) is 17.9 Å². The van der Waals surface area contributed by atoms with Crippen LogP contribution in [0.25, 0.3) is 11.0 Å². The van der Waals surface area contributed by atoms with E-state index in [0.717, 1.165) is 0 Å². The van der Waals surface area contributed by atoms with Crippen LogP contribution in [0.5, 0.6) is 11.5 Å². The summed E-state index contributed by atoms with van der Waals surface area (Å²) < 4.78 is 0. The zero-order valence-electron chi connectivity index (χ0n) is 7.53. The van der Waals surface area contributed by atoms with E-state index in [4.69, 9.17) is 0 Å². The van der Waals surface area contributed by atoms with Gasteiger partial charge in [-0.1, -0.05) is 11.8 Å². The summed E-state index contributed by atoms with van der Waals surface area (Å²) in [4.78, 5) is 7.18. The SMILES string of the molecule is [CH2]Sc1nc2c(C)c(O)c(O)cc2[nH]1. The Morgan fingerprint density at radius 1 is 1.50 bits per heavy atom. The highest BCUT2D eigenvalue weighted by atomic mass is 32.2. The third-order valence-electron chi connectivity index (χ3n) is 2.08. The Balaban J connectivity index is 2.81. The van der Waals surface area contributed by atoms with Crippen LogP contribution in [0.15, 0.2) is 11.2 Å². The summed E-state index contributed by atoms with van der Waals surface area (Å²) in [7, 11) is 0. The smallest absolute Gasteiger partial charge is 0.166 e. The number of rotatable bonds is 1. The number of aromatic hydroxyl groups is 2. The summed E-state index contributed by atoms with van der Waals surface area (Å²) in [6, 6.07) is 1.45. The number of fused-ring (bicyclic) bond motifs is 1. The molecule has 0 aliphatic carbocycles. The summed E-state index contributed by atoms with van der Waals surface area (Å²) in [5.41, 5.74) is 1.92. The minimum atomic E-state index is -0.140. The maximum Gasteiger partial charge on any atom is 0.166 e. The Labute approximate surface area is 85.0 Å². The molecule has 0 aliphatic rings. The zero-order chi connectivity index (χ0) is 10.3. The first-order chi connectivity index (χ1) is 6.63. The van der Waals surface area contributed by atoms with E-state index in [2.05, 4.69) is 16.2 Å². The van der Waals surface area contributed by atoms with Crippen LogP contribution in [0.3, 0.4) is 0 Å². The van der Waals surface area contributed by atoms with Gasteiger partial charge < -0.3 is 15.2 Å². The second-order valence-corrected chi connectivity index (χ2v) is 3.63. The molecule has 2 aromatic rings. The topological polar surface area (TPSA) is 69.1 Å². The number of aromatic amines is 1. The quantitative estimate of drug-likeness (QED) is 0.497. The molecule has 2 rings (SSSR count). The number of aromatic nitrogens is 2. The highest BCUT2D eigenvalue weighted by Crippen LogP contribution is 2.34. The van der Waals surface area contributed by atoms with Crippen LogP contribution in [0.2, 0.25) is 0 Å². The zero-order valence-corrected chi connectivity index (χ0v) is 8.35. The van der Waals surface area contributed by atoms with Crippen LogP contribution < -0.4 is 0 Å². The number of H-pyrrole nitrogens is 1. The monoisotopic (exact) mass is 209 g/mol. The molecule has 73 valence electrons. The van der Waals surface area contributed by atoms with E-state index >= 15 is 0 Å². The molecule has 0 bridgehead atoms. The van der Waals surface area contributed by atoms with E-state index in [0.29, 0.717) is 21.8 Å². The first-order valence-electron chi connectivity index (χ1n) is 3.96. The predicted molar refractivity (Wildman–Crippen MR) is 55.4 cm³/mol. The molecule has 0 amide bonds. The number of phenolic OH excluding ortho intramolecular Hbond substituents is 2. The molecule has 1 heterocycles. The van der Waals surface area contributed by atoms with E-state index in [1.807, 2.05) is 0 Å². The second kappa shape index (κ2) is 3.09. The minimum absolute atomic E-state index is 0.121. The van der Waals surface area contributed by atoms with E-state index in [9.17, 15) is 10.2 Å². The van der Waals surface area contributed by atoms with Crippen LogP contribution >= 0.6 is 11.8 Å². The van der Waals surface area contributed by atoms with Crippen LogP contribution in [0.4, 0.5) is 0 Å². The van der Waals surface area contributed by atoms with Crippen molar-refractivity contribution < 1.29 is 10.2 Å². The molecule has 0 unspecified atom stereocenters. The molecule has 0 saturated carbocycles. The van der Waals surface area contributed by atoms with Crippen molar-refractivity contribution in [3.63, 3.8) is 0 Å². The van der Waals surface area contributed by atoms with Crippen molar-refractivity contribution in [2.24, 2.45) is 0 Å². The molecular formula is C9H9N2O2S. The molecule has 1 aromatic heterocycles. The van der Waals surface area contributed by atoms with Gasteiger partial charge >= 0.3 is 0 Å². The van der Waals surface area contributed by atoms with Crippen LogP contribution in [-0.2, 0) is 0 Å². The number of benzene rings is 1. The number of nitrogens with zero attached hydrogens (tertiary/aromatic N) is 1. The third kappa shape index (κ3) is 1.21. The molecule has 3 N–H and O–H groups in total. The molecular weight excluding hydrogens is 200 g/mol. The molecule has 4 nitrogen and oxygen atoms in total. The van der Waals surface area contributed by atoms with Gasteiger partial charge in [-0.25, -0.2) is 4.98 Å². The van der Waals surface area contributed by atoms with Crippen molar-refractivity contribution in [3.05, 3.63) is 17.9 Å². The van der Waals surface area contributed by atoms with E-state index in [1.54, 1.807) is 6.92 Å². The Kier molecular flexibility index (Phi) is 2.03. The van der Waals surface area contributed by atoms with Crippen LogP contribution in [0, 0.1) is 13.2 Å². The highest BCUT2D eigenvalue weighted by Gasteiger charge is 2.11. The third-order valence-corrected chi connectivity index (χ3v) is 2.55. The fourth-order valence-corrected chi connectivity index (χ4v) is 1.67. The molecule has 1 aromatic carbocycles. The number of imidazole rings is 1. The lowest BCUT2D eigenvalue weighted by Gasteiger charge is -2.01. The van der Waals surface area contributed by atoms with Crippen molar-refractivity contribution in [2.45, 2.75) is 12.1 Å². The van der Waals surface area contributed by atoms with E-state index < -0.39 is 0 Å². The van der Waals surface area contributed by atoms with Gasteiger partial charge in [0.05, 0.1) is 11.0 Å². The number of phenols is 2. The van der Waals surface area contributed by atoms with Crippen LogP contribution in [-0.4, -0.2) is 20.2 Å². The molecule has 5 heteroatoms. The van der Waals surface area contributed by atoms with Crippen molar-refractivity contribution in [1.29, 1.82) is 0 Å². The van der Waals surface area contributed by atoms with Crippen molar-refractivity contribution >= 4 is 22.8 Å². The minimum Gasteiger partial charge on any atom is -0.504 e. The molecule has 0 saturated heterocycles. The molecule has 0 fully saturated rings. The van der Waals surface area contributed by atoms with Crippen molar-refractivity contribution in [3.8, 4) is 11.5 Å². The van der Waals surface area contributed by atoms with E-state index in [1.165, 1.54) is 17.8 Å². The Hall–Kier alpha value is -1.36. The maximum absolute atomic E-state index is 9.46. The van der Waals surface area contributed by atoms with Gasteiger partial charge in [-0.05, 0) is 6.92 Å². The molecule has 0 atom stereocenters. The van der Waals surface area contributed by atoms with Gasteiger partial charge in [-0.15, -0.1) is 0 Å². The standard InChI is InChI=1S/C9H9N2O2S/c1-4-7-5(3-6(12)8(4)13)10-9(11-7)14-2/h3,12-13H,2H2,1H3,(H,10,11). The molecule has 0 aliphatic heterocycles. The normalized spacial score (nSPS) is 11.0. The summed E-state index contributed by atoms with van der Waals surface area (Å²) >= 11 is 1.24. The van der Waals surface area contributed by atoms with Gasteiger partial charge in [0.2, 0.25) is 0 Å². The second-order valence-electron chi connectivity index (χ2n) is 2.95.